The summed E-state index contributed by atoms with van der Waals surface area (Å²) in [5.41, 5.74) is 4.23. The summed E-state index contributed by atoms with van der Waals surface area (Å²) in [7, 11) is 0. The van der Waals surface area contributed by atoms with Crippen molar-refractivity contribution >= 4 is 27.6 Å². The molecule has 1 saturated heterocycles. The first-order chi connectivity index (χ1) is 11.4. The van der Waals surface area contributed by atoms with Gasteiger partial charge in [0.05, 0.1) is 23.1 Å². The van der Waals surface area contributed by atoms with Crippen LogP contribution >= 0.6 is 0 Å². The Labute approximate surface area is 134 Å². The number of rotatable bonds is 2. The van der Waals surface area contributed by atoms with E-state index in [-0.39, 0.29) is 0 Å². The first-order valence-corrected chi connectivity index (χ1v) is 8.27. The summed E-state index contributed by atoms with van der Waals surface area (Å²) in [5, 5.41) is 1.12. The second-order valence-corrected chi connectivity index (χ2v) is 6.29. The van der Waals surface area contributed by atoms with E-state index < -0.39 is 0 Å². The molecule has 4 nitrogen and oxygen atoms in total. The number of nitrogens with zero attached hydrogens (tertiary/aromatic N) is 4. The maximum Gasteiger partial charge on any atom is 0.148 e. The van der Waals surface area contributed by atoms with Gasteiger partial charge in [0, 0.05) is 5.39 Å². The van der Waals surface area contributed by atoms with Gasteiger partial charge in [-0.3, -0.25) is 9.30 Å². The molecule has 0 radical (unpaired) electrons. The van der Waals surface area contributed by atoms with Gasteiger partial charge in [-0.2, -0.15) is 0 Å². The molecule has 1 aliphatic heterocycles. The molecule has 0 spiro atoms. The Balaban J connectivity index is 1.85. The molecule has 4 heteroatoms. The van der Waals surface area contributed by atoms with Crippen molar-refractivity contribution in [1.82, 2.24) is 19.3 Å². The van der Waals surface area contributed by atoms with Crippen LogP contribution in [0.2, 0.25) is 0 Å². The molecule has 114 valence electrons. The number of hydrogen-bond donors (Lipinski definition) is 0. The molecule has 3 heterocycles. The van der Waals surface area contributed by atoms with Crippen LogP contribution in [0.5, 0.6) is 0 Å². The molecule has 1 aliphatic rings. The van der Waals surface area contributed by atoms with Crippen molar-refractivity contribution in [2.45, 2.75) is 19.4 Å². The number of aromatic nitrogens is 3. The number of hydrogen-bond acceptors (Lipinski definition) is 3. The summed E-state index contributed by atoms with van der Waals surface area (Å²) < 4.78 is 2.25. The van der Waals surface area contributed by atoms with E-state index in [1.165, 1.54) is 25.9 Å². The minimum atomic E-state index is 0.891. The van der Waals surface area contributed by atoms with Crippen molar-refractivity contribution in [3.05, 3.63) is 54.4 Å². The second kappa shape index (κ2) is 5.03. The van der Waals surface area contributed by atoms with Gasteiger partial charge >= 0.3 is 0 Å². The van der Waals surface area contributed by atoms with Crippen LogP contribution in [-0.2, 0) is 6.54 Å². The van der Waals surface area contributed by atoms with E-state index in [9.17, 15) is 0 Å². The van der Waals surface area contributed by atoms with E-state index >= 15 is 0 Å². The maximum atomic E-state index is 4.97. The predicted molar refractivity (Wildman–Crippen MR) is 92.5 cm³/mol. The molecule has 4 aromatic rings. The third kappa shape index (κ3) is 2.02. The molecule has 5 rings (SSSR count). The van der Waals surface area contributed by atoms with Crippen LogP contribution in [0.15, 0.2) is 48.5 Å². The van der Waals surface area contributed by atoms with Gasteiger partial charge in [0.1, 0.15) is 11.5 Å². The normalized spacial score (nSPS) is 16.0. The minimum absolute atomic E-state index is 0.891. The Morgan fingerprint density at radius 2 is 1.57 bits per heavy atom. The lowest BCUT2D eigenvalue weighted by molar-refractivity contribution is 0.322. The standard InChI is InChI=1S/C19H18N4/c1-2-8-15-14(7-1)19-21-16-9-3-4-10-17(16)23(19)18(20-15)13-22-11-5-6-12-22/h1-4,7-10H,5-6,11-13H2. The number of benzene rings is 2. The Hall–Kier alpha value is -2.46. The van der Waals surface area contributed by atoms with Gasteiger partial charge in [0.2, 0.25) is 0 Å². The summed E-state index contributed by atoms with van der Waals surface area (Å²) >= 11 is 0. The molecule has 0 saturated carbocycles. The molecule has 0 N–H and O–H groups in total. The molecule has 2 aromatic heterocycles. The lowest BCUT2D eigenvalue weighted by atomic mass is 10.2. The molecule has 0 aliphatic carbocycles. The van der Waals surface area contributed by atoms with E-state index in [4.69, 9.17) is 9.97 Å². The fraction of sp³-hybridized carbons (Fsp3) is 0.263. The number of fused-ring (bicyclic) bond motifs is 5. The van der Waals surface area contributed by atoms with Gasteiger partial charge in [-0.15, -0.1) is 0 Å². The number of para-hydroxylation sites is 3. The van der Waals surface area contributed by atoms with E-state index in [0.29, 0.717) is 0 Å². The molecular weight excluding hydrogens is 284 g/mol. The minimum Gasteiger partial charge on any atom is -0.296 e. The third-order valence-corrected chi connectivity index (χ3v) is 4.78. The topological polar surface area (TPSA) is 33.4 Å². The molecule has 0 unspecified atom stereocenters. The van der Waals surface area contributed by atoms with Crippen LogP contribution in [0.1, 0.15) is 18.7 Å². The second-order valence-electron chi connectivity index (χ2n) is 6.29. The van der Waals surface area contributed by atoms with Crippen LogP contribution in [-0.4, -0.2) is 32.4 Å². The fourth-order valence-electron chi connectivity index (χ4n) is 3.66. The number of likely N-dealkylation sites (tertiary alicyclic amines) is 1. The average molecular weight is 302 g/mol. The van der Waals surface area contributed by atoms with Gasteiger partial charge in [0.15, 0.2) is 0 Å². The zero-order valence-corrected chi connectivity index (χ0v) is 12.9. The summed E-state index contributed by atoms with van der Waals surface area (Å²) in [4.78, 5) is 12.3. The Morgan fingerprint density at radius 1 is 0.826 bits per heavy atom. The van der Waals surface area contributed by atoms with Gasteiger partial charge < -0.3 is 0 Å². The van der Waals surface area contributed by atoms with Crippen LogP contribution < -0.4 is 0 Å². The highest BCUT2D eigenvalue weighted by Crippen LogP contribution is 2.25. The quantitative estimate of drug-likeness (QED) is 0.567. The highest BCUT2D eigenvalue weighted by Gasteiger charge is 2.18. The lowest BCUT2D eigenvalue weighted by Gasteiger charge is -2.16. The summed E-state index contributed by atoms with van der Waals surface area (Å²) in [5.74, 6) is 1.09. The lowest BCUT2D eigenvalue weighted by Crippen LogP contribution is -2.21. The monoisotopic (exact) mass is 302 g/mol. The molecule has 23 heavy (non-hydrogen) atoms. The van der Waals surface area contributed by atoms with E-state index in [1.54, 1.807) is 0 Å². The first-order valence-electron chi connectivity index (χ1n) is 8.27. The highest BCUT2D eigenvalue weighted by atomic mass is 15.2. The van der Waals surface area contributed by atoms with Crippen LogP contribution in [0.4, 0.5) is 0 Å². The average Bonchev–Trinajstić information content (AvgIpc) is 3.22. The van der Waals surface area contributed by atoms with E-state index in [0.717, 1.165) is 40.0 Å². The van der Waals surface area contributed by atoms with Crippen molar-refractivity contribution in [3.63, 3.8) is 0 Å². The molecule has 0 atom stereocenters. The van der Waals surface area contributed by atoms with Crippen molar-refractivity contribution in [2.24, 2.45) is 0 Å². The van der Waals surface area contributed by atoms with Crippen molar-refractivity contribution in [2.75, 3.05) is 13.1 Å². The Morgan fingerprint density at radius 3 is 2.43 bits per heavy atom. The maximum absolute atomic E-state index is 4.97. The zero-order valence-electron chi connectivity index (χ0n) is 12.9. The zero-order chi connectivity index (χ0) is 15.2. The van der Waals surface area contributed by atoms with Gasteiger partial charge in [-0.25, -0.2) is 9.97 Å². The Kier molecular flexibility index (Phi) is 2.85. The Bertz CT molecular complexity index is 1010. The van der Waals surface area contributed by atoms with E-state index in [1.807, 2.05) is 12.1 Å². The van der Waals surface area contributed by atoms with E-state index in [2.05, 4.69) is 45.7 Å². The van der Waals surface area contributed by atoms with Gasteiger partial charge in [-0.1, -0.05) is 24.3 Å². The molecule has 0 amide bonds. The summed E-state index contributed by atoms with van der Waals surface area (Å²) in [6.45, 7) is 3.23. The largest absolute Gasteiger partial charge is 0.296 e. The molecular formula is C19H18N4. The van der Waals surface area contributed by atoms with Crippen LogP contribution in [0, 0.1) is 0 Å². The molecule has 2 aromatic carbocycles. The van der Waals surface area contributed by atoms with Crippen molar-refractivity contribution in [3.8, 4) is 0 Å². The van der Waals surface area contributed by atoms with Crippen LogP contribution in [0.25, 0.3) is 27.6 Å². The molecule has 0 bridgehead atoms. The van der Waals surface area contributed by atoms with Crippen molar-refractivity contribution in [1.29, 1.82) is 0 Å². The summed E-state index contributed by atoms with van der Waals surface area (Å²) in [6.07, 6.45) is 2.59. The highest BCUT2D eigenvalue weighted by molar-refractivity contribution is 5.96. The van der Waals surface area contributed by atoms with Gasteiger partial charge in [0.25, 0.3) is 0 Å². The van der Waals surface area contributed by atoms with Gasteiger partial charge in [-0.05, 0) is 50.2 Å². The smallest absolute Gasteiger partial charge is 0.148 e. The SMILES string of the molecule is c1ccc2c(c1)nc(CN1CCCC1)n1c3ccccc3nc21. The summed E-state index contributed by atoms with van der Waals surface area (Å²) in [6, 6.07) is 16.6. The first kappa shape index (κ1) is 13.0. The fourth-order valence-corrected chi connectivity index (χ4v) is 3.66. The predicted octanol–water partition coefficient (Wildman–Crippen LogP) is 3.63. The van der Waals surface area contributed by atoms with Crippen molar-refractivity contribution < 1.29 is 0 Å². The van der Waals surface area contributed by atoms with Crippen LogP contribution in [0.3, 0.4) is 0 Å². The number of imidazole rings is 1. The third-order valence-electron chi connectivity index (χ3n) is 4.78. The molecule has 1 fully saturated rings.